The Hall–Kier alpha value is -3.65. The molecule has 4 rings (SSSR count). The first kappa shape index (κ1) is 22.5. The maximum absolute atomic E-state index is 14.0. The fourth-order valence-electron chi connectivity index (χ4n) is 3.96. The minimum atomic E-state index is -0.771. The molecule has 0 saturated carbocycles. The third-order valence-electron chi connectivity index (χ3n) is 5.43. The van der Waals surface area contributed by atoms with E-state index in [2.05, 4.69) is 16.3 Å². The number of pyridine rings is 1. The summed E-state index contributed by atoms with van der Waals surface area (Å²) in [4.78, 5) is 27.4. The van der Waals surface area contributed by atoms with E-state index in [9.17, 15) is 28.7 Å². The first-order valence-corrected chi connectivity index (χ1v) is 11.0. The SMILES string of the molecule is CC(C)N1C(=O)c2c(O)c(=O)c(-c3nnc(Cc4ccc(F)cc4F)s3)cn2CC1CC#N. The molecule has 33 heavy (non-hydrogen) atoms. The van der Waals surface area contributed by atoms with Crippen LogP contribution in [-0.4, -0.2) is 42.8 Å². The highest BCUT2D eigenvalue weighted by atomic mass is 32.1. The molecule has 1 aliphatic heterocycles. The van der Waals surface area contributed by atoms with Gasteiger partial charge in [0.25, 0.3) is 5.91 Å². The molecule has 1 atom stereocenters. The highest BCUT2D eigenvalue weighted by Gasteiger charge is 2.37. The van der Waals surface area contributed by atoms with Crippen LogP contribution in [0.3, 0.4) is 0 Å². The summed E-state index contributed by atoms with van der Waals surface area (Å²) in [6.45, 7) is 3.82. The lowest BCUT2D eigenvalue weighted by Gasteiger charge is -2.39. The third-order valence-corrected chi connectivity index (χ3v) is 6.39. The van der Waals surface area contributed by atoms with Gasteiger partial charge in [0.05, 0.1) is 24.1 Å². The average Bonchev–Trinajstić information content (AvgIpc) is 3.20. The Morgan fingerprint density at radius 3 is 2.73 bits per heavy atom. The minimum Gasteiger partial charge on any atom is -0.503 e. The summed E-state index contributed by atoms with van der Waals surface area (Å²) < 4.78 is 28.6. The van der Waals surface area contributed by atoms with Gasteiger partial charge in [0.2, 0.25) is 5.43 Å². The minimum absolute atomic E-state index is 0.0427. The molecule has 0 saturated heterocycles. The van der Waals surface area contributed by atoms with Crippen LogP contribution in [0.2, 0.25) is 0 Å². The summed E-state index contributed by atoms with van der Waals surface area (Å²) in [6.07, 6.45) is 1.58. The van der Waals surface area contributed by atoms with Crippen LogP contribution < -0.4 is 5.43 Å². The van der Waals surface area contributed by atoms with Gasteiger partial charge in [-0.1, -0.05) is 17.4 Å². The van der Waals surface area contributed by atoms with Crippen LogP contribution >= 0.6 is 11.3 Å². The zero-order chi connectivity index (χ0) is 23.9. The molecule has 0 bridgehead atoms. The Morgan fingerprint density at radius 2 is 2.06 bits per heavy atom. The molecule has 0 aliphatic carbocycles. The largest absolute Gasteiger partial charge is 0.503 e. The Kier molecular flexibility index (Phi) is 5.95. The first-order chi connectivity index (χ1) is 15.7. The second kappa shape index (κ2) is 8.71. The normalized spacial score (nSPS) is 15.6. The summed E-state index contributed by atoms with van der Waals surface area (Å²) in [5, 5.41) is 28.4. The monoisotopic (exact) mass is 471 g/mol. The number of nitriles is 1. The highest BCUT2D eigenvalue weighted by Crippen LogP contribution is 2.30. The molecule has 1 N–H and O–H groups in total. The molecule has 1 aromatic carbocycles. The van der Waals surface area contributed by atoms with E-state index in [1.807, 2.05) is 0 Å². The topological polar surface area (TPSA) is 112 Å². The number of carbonyl (C=O) groups excluding carboxylic acids is 1. The maximum Gasteiger partial charge on any atom is 0.275 e. The van der Waals surface area contributed by atoms with E-state index in [-0.39, 0.29) is 47.3 Å². The van der Waals surface area contributed by atoms with Crippen molar-refractivity contribution in [3.63, 3.8) is 0 Å². The van der Waals surface area contributed by atoms with Crippen LogP contribution in [0.5, 0.6) is 5.75 Å². The molecule has 11 heteroatoms. The smallest absolute Gasteiger partial charge is 0.275 e. The molecule has 0 fully saturated rings. The molecular formula is C22H19F2N5O3S. The number of carbonyl (C=O) groups is 1. The van der Waals surface area contributed by atoms with Crippen LogP contribution in [0.25, 0.3) is 10.6 Å². The van der Waals surface area contributed by atoms with E-state index in [1.165, 1.54) is 21.7 Å². The summed E-state index contributed by atoms with van der Waals surface area (Å²) in [7, 11) is 0. The average molecular weight is 471 g/mol. The number of hydrogen-bond donors (Lipinski definition) is 1. The zero-order valence-electron chi connectivity index (χ0n) is 17.7. The van der Waals surface area contributed by atoms with Gasteiger partial charge in [-0.05, 0) is 25.5 Å². The molecule has 0 spiro atoms. The van der Waals surface area contributed by atoms with Gasteiger partial charge in [0.1, 0.15) is 16.6 Å². The molecule has 0 radical (unpaired) electrons. The van der Waals surface area contributed by atoms with Crippen molar-refractivity contribution < 1.29 is 18.7 Å². The van der Waals surface area contributed by atoms with Crippen molar-refractivity contribution in [2.24, 2.45) is 0 Å². The molecule has 3 heterocycles. The van der Waals surface area contributed by atoms with E-state index < -0.39 is 34.8 Å². The Balaban J connectivity index is 1.72. The maximum atomic E-state index is 14.0. The molecule has 1 aliphatic rings. The fourth-order valence-corrected chi connectivity index (χ4v) is 4.83. The standard InChI is InChI=1S/C22H19F2N5O3S/c1-11(2)29-14(5-6-25)9-28-10-15(19(30)20(31)18(28)22(29)32)21-27-26-17(33-21)7-12-3-4-13(23)8-16(12)24/h3-4,8,10-11,14,31H,5,7,9H2,1-2H3. The van der Waals surface area contributed by atoms with Crippen LogP contribution in [0, 0.1) is 23.0 Å². The predicted octanol–water partition coefficient (Wildman–Crippen LogP) is 3.09. The number of amides is 1. The van der Waals surface area contributed by atoms with E-state index >= 15 is 0 Å². The first-order valence-electron chi connectivity index (χ1n) is 10.1. The van der Waals surface area contributed by atoms with Crippen molar-refractivity contribution in [3.8, 4) is 22.4 Å². The van der Waals surface area contributed by atoms with Gasteiger partial charge in [-0.25, -0.2) is 8.78 Å². The van der Waals surface area contributed by atoms with Crippen molar-refractivity contribution in [1.82, 2.24) is 19.7 Å². The summed E-state index contributed by atoms with van der Waals surface area (Å²) in [5.41, 5.74) is -0.638. The van der Waals surface area contributed by atoms with Gasteiger partial charge >= 0.3 is 0 Å². The van der Waals surface area contributed by atoms with Crippen molar-refractivity contribution in [2.75, 3.05) is 0 Å². The second-order valence-electron chi connectivity index (χ2n) is 7.96. The molecule has 1 unspecified atom stereocenters. The zero-order valence-corrected chi connectivity index (χ0v) is 18.6. The fraction of sp³-hybridized carbons (Fsp3) is 0.318. The Labute approximate surface area is 191 Å². The van der Waals surface area contributed by atoms with Gasteiger partial charge in [-0.2, -0.15) is 5.26 Å². The van der Waals surface area contributed by atoms with Crippen LogP contribution in [0.1, 0.15) is 41.3 Å². The van der Waals surface area contributed by atoms with Crippen LogP contribution in [0.15, 0.2) is 29.2 Å². The predicted molar refractivity (Wildman–Crippen MR) is 116 cm³/mol. The lowest BCUT2D eigenvalue weighted by molar-refractivity contribution is 0.0510. The molecule has 8 nitrogen and oxygen atoms in total. The van der Waals surface area contributed by atoms with Gasteiger partial charge in [0, 0.05) is 31.3 Å². The number of aromatic hydroxyl groups is 1. The van der Waals surface area contributed by atoms with Crippen molar-refractivity contribution in [3.05, 3.63) is 62.5 Å². The van der Waals surface area contributed by atoms with E-state index in [0.29, 0.717) is 5.01 Å². The molecular weight excluding hydrogens is 452 g/mol. The number of aromatic nitrogens is 3. The second-order valence-corrected chi connectivity index (χ2v) is 9.02. The van der Waals surface area contributed by atoms with E-state index in [0.717, 1.165) is 23.5 Å². The van der Waals surface area contributed by atoms with Crippen molar-refractivity contribution in [2.45, 2.75) is 45.3 Å². The number of hydrogen-bond acceptors (Lipinski definition) is 7. The number of halogens is 2. The number of nitrogens with zero attached hydrogens (tertiary/aromatic N) is 5. The molecule has 1 amide bonds. The number of fused-ring (bicyclic) bond motifs is 1. The van der Waals surface area contributed by atoms with Crippen LogP contribution in [-0.2, 0) is 13.0 Å². The van der Waals surface area contributed by atoms with E-state index in [4.69, 9.17) is 0 Å². The van der Waals surface area contributed by atoms with E-state index in [1.54, 1.807) is 13.8 Å². The Morgan fingerprint density at radius 1 is 1.30 bits per heavy atom. The third kappa shape index (κ3) is 4.09. The van der Waals surface area contributed by atoms with Gasteiger partial charge < -0.3 is 14.6 Å². The van der Waals surface area contributed by atoms with Gasteiger partial charge in [0.15, 0.2) is 16.5 Å². The highest BCUT2D eigenvalue weighted by molar-refractivity contribution is 7.14. The van der Waals surface area contributed by atoms with Crippen molar-refractivity contribution in [1.29, 1.82) is 5.26 Å². The summed E-state index contributed by atoms with van der Waals surface area (Å²) >= 11 is 1.03. The quantitative estimate of drug-likeness (QED) is 0.612. The molecule has 170 valence electrons. The number of rotatable bonds is 5. The van der Waals surface area contributed by atoms with Gasteiger partial charge in [-0.3, -0.25) is 9.59 Å². The van der Waals surface area contributed by atoms with Gasteiger partial charge in [-0.15, -0.1) is 10.2 Å². The van der Waals surface area contributed by atoms with Crippen molar-refractivity contribution >= 4 is 17.2 Å². The Bertz CT molecular complexity index is 1340. The lowest BCUT2D eigenvalue weighted by atomic mass is 10.0. The lowest BCUT2D eigenvalue weighted by Crippen LogP contribution is -2.51. The van der Waals surface area contributed by atoms with Crippen LogP contribution in [0.4, 0.5) is 8.78 Å². The molecule has 2 aromatic heterocycles. The summed E-state index contributed by atoms with van der Waals surface area (Å²) in [6, 6.07) is 4.66. The number of benzene rings is 1. The molecule has 3 aromatic rings. The summed E-state index contributed by atoms with van der Waals surface area (Å²) in [5.74, 6) is -2.62.